The second-order valence-electron chi connectivity index (χ2n) is 4.55. The summed E-state index contributed by atoms with van der Waals surface area (Å²) < 4.78 is 1.24. The molecule has 1 aliphatic rings. The Balaban J connectivity index is 2.14. The van der Waals surface area contributed by atoms with E-state index < -0.39 is 0 Å². The van der Waals surface area contributed by atoms with Crippen LogP contribution in [0.4, 0.5) is 5.69 Å². The molecule has 1 fully saturated rings. The predicted molar refractivity (Wildman–Crippen MR) is 69.5 cm³/mol. The van der Waals surface area contributed by atoms with E-state index >= 15 is 0 Å². The van der Waals surface area contributed by atoms with E-state index in [-0.39, 0.29) is 0 Å². The first-order valence-electron chi connectivity index (χ1n) is 5.70. The number of aryl methyl sites for hydroxylation is 2. The van der Waals surface area contributed by atoms with E-state index in [0.29, 0.717) is 6.04 Å². The molecule has 1 aromatic rings. The average molecular weight is 268 g/mol. The highest BCUT2D eigenvalue weighted by atomic mass is 79.9. The van der Waals surface area contributed by atoms with Gasteiger partial charge in [-0.05, 0) is 49.9 Å². The smallest absolute Gasteiger partial charge is 0.0348 e. The maximum atomic E-state index is 3.63. The van der Waals surface area contributed by atoms with Gasteiger partial charge in [0.2, 0.25) is 0 Å². The largest absolute Gasteiger partial charge is 0.382 e. The van der Waals surface area contributed by atoms with E-state index in [1.165, 1.54) is 47.0 Å². The first kappa shape index (κ1) is 11.0. The van der Waals surface area contributed by atoms with Crippen LogP contribution in [0.3, 0.4) is 0 Å². The fourth-order valence-corrected chi connectivity index (χ4v) is 2.56. The molecule has 1 nitrogen and oxygen atoms in total. The van der Waals surface area contributed by atoms with Gasteiger partial charge in [-0.15, -0.1) is 0 Å². The standard InChI is InChI=1S/C13H18BrN/c1-9-7-12(8-10(2)13(9)14)15-11-5-3-4-6-11/h7-8,11,15H,3-6H2,1-2H3. The van der Waals surface area contributed by atoms with E-state index in [9.17, 15) is 0 Å². The SMILES string of the molecule is Cc1cc(NC2CCCC2)cc(C)c1Br. The molecule has 0 amide bonds. The van der Waals surface area contributed by atoms with E-state index in [2.05, 4.69) is 47.2 Å². The Morgan fingerprint density at radius 1 is 1.13 bits per heavy atom. The Kier molecular flexibility index (Phi) is 3.35. The van der Waals surface area contributed by atoms with Crippen LogP contribution in [0.5, 0.6) is 0 Å². The van der Waals surface area contributed by atoms with Gasteiger partial charge in [0.1, 0.15) is 0 Å². The van der Waals surface area contributed by atoms with Gasteiger partial charge in [0.05, 0.1) is 0 Å². The summed E-state index contributed by atoms with van der Waals surface area (Å²) in [5, 5.41) is 3.63. The van der Waals surface area contributed by atoms with Crippen LogP contribution in [0.1, 0.15) is 36.8 Å². The van der Waals surface area contributed by atoms with Crippen LogP contribution in [0.2, 0.25) is 0 Å². The number of anilines is 1. The molecule has 0 atom stereocenters. The van der Waals surface area contributed by atoms with Crippen LogP contribution in [-0.4, -0.2) is 6.04 Å². The van der Waals surface area contributed by atoms with Gasteiger partial charge in [0.25, 0.3) is 0 Å². The minimum absolute atomic E-state index is 0.699. The summed E-state index contributed by atoms with van der Waals surface area (Å²) in [5.74, 6) is 0. The van der Waals surface area contributed by atoms with Crippen LogP contribution >= 0.6 is 15.9 Å². The van der Waals surface area contributed by atoms with Crippen LogP contribution in [-0.2, 0) is 0 Å². The summed E-state index contributed by atoms with van der Waals surface area (Å²) in [6.07, 6.45) is 5.42. The van der Waals surface area contributed by atoms with Gasteiger partial charge < -0.3 is 5.32 Å². The molecule has 0 saturated heterocycles. The van der Waals surface area contributed by atoms with Crippen molar-refractivity contribution in [3.05, 3.63) is 27.7 Å². The highest BCUT2D eigenvalue weighted by molar-refractivity contribution is 9.10. The lowest BCUT2D eigenvalue weighted by Crippen LogP contribution is -2.14. The molecule has 0 heterocycles. The molecular formula is C13H18BrN. The third kappa shape index (κ3) is 2.54. The van der Waals surface area contributed by atoms with E-state index in [0.717, 1.165) is 0 Å². The molecule has 0 unspecified atom stereocenters. The quantitative estimate of drug-likeness (QED) is 0.837. The number of nitrogens with one attached hydrogen (secondary N) is 1. The monoisotopic (exact) mass is 267 g/mol. The number of hydrogen-bond acceptors (Lipinski definition) is 1. The first-order valence-corrected chi connectivity index (χ1v) is 6.49. The maximum Gasteiger partial charge on any atom is 0.0348 e. The Labute approximate surface area is 100 Å². The van der Waals surface area contributed by atoms with E-state index in [1.54, 1.807) is 0 Å². The van der Waals surface area contributed by atoms with Crippen molar-refractivity contribution in [2.45, 2.75) is 45.6 Å². The van der Waals surface area contributed by atoms with Crippen molar-refractivity contribution in [3.63, 3.8) is 0 Å². The molecule has 0 bridgehead atoms. The highest BCUT2D eigenvalue weighted by Crippen LogP contribution is 2.27. The van der Waals surface area contributed by atoms with Crippen LogP contribution in [0.15, 0.2) is 16.6 Å². The van der Waals surface area contributed by atoms with Crippen molar-refractivity contribution in [3.8, 4) is 0 Å². The molecule has 0 aliphatic heterocycles. The van der Waals surface area contributed by atoms with Gasteiger partial charge in [-0.3, -0.25) is 0 Å². The second kappa shape index (κ2) is 4.56. The van der Waals surface area contributed by atoms with Crippen molar-refractivity contribution >= 4 is 21.6 Å². The maximum absolute atomic E-state index is 3.63. The van der Waals surface area contributed by atoms with Crippen molar-refractivity contribution in [2.75, 3.05) is 5.32 Å². The molecule has 0 radical (unpaired) electrons. The molecule has 2 rings (SSSR count). The van der Waals surface area contributed by atoms with Crippen molar-refractivity contribution in [1.29, 1.82) is 0 Å². The van der Waals surface area contributed by atoms with Gasteiger partial charge in [-0.2, -0.15) is 0 Å². The Morgan fingerprint density at radius 3 is 2.20 bits per heavy atom. The lowest BCUT2D eigenvalue weighted by Gasteiger charge is -2.15. The Bertz CT molecular complexity index is 331. The average Bonchev–Trinajstić information content (AvgIpc) is 2.66. The van der Waals surface area contributed by atoms with Crippen LogP contribution < -0.4 is 5.32 Å². The molecule has 1 N–H and O–H groups in total. The zero-order valence-corrected chi connectivity index (χ0v) is 11.0. The summed E-state index contributed by atoms with van der Waals surface area (Å²) in [6.45, 7) is 4.30. The summed E-state index contributed by atoms with van der Waals surface area (Å²) in [6, 6.07) is 5.16. The second-order valence-corrected chi connectivity index (χ2v) is 5.34. The molecule has 2 heteroatoms. The molecule has 0 aromatic heterocycles. The van der Waals surface area contributed by atoms with Crippen LogP contribution in [0.25, 0.3) is 0 Å². The molecule has 15 heavy (non-hydrogen) atoms. The zero-order chi connectivity index (χ0) is 10.8. The number of benzene rings is 1. The number of hydrogen-bond donors (Lipinski definition) is 1. The third-order valence-electron chi connectivity index (χ3n) is 3.16. The summed E-state index contributed by atoms with van der Waals surface area (Å²) >= 11 is 3.60. The number of rotatable bonds is 2. The molecular weight excluding hydrogens is 250 g/mol. The van der Waals surface area contributed by atoms with Crippen molar-refractivity contribution < 1.29 is 0 Å². The minimum atomic E-state index is 0.699. The van der Waals surface area contributed by atoms with E-state index in [4.69, 9.17) is 0 Å². The summed E-state index contributed by atoms with van der Waals surface area (Å²) in [5.41, 5.74) is 3.91. The minimum Gasteiger partial charge on any atom is -0.382 e. The fraction of sp³-hybridized carbons (Fsp3) is 0.538. The predicted octanol–water partition coefficient (Wildman–Crippen LogP) is 4.42. The van der Waals surface area contributed by atoms with Crippen LogP contribution in [0, 0.1) is 13.8 Å². The number of halogens is 1. The zero-order valence-electron chi connectivity index (χ0n) is 9.44. The van der Waals surface area contributed by atoms with Gasteiger partial charge in [-0.1, -0.05) is 28.8 Å². The lowest BCUT2D eigenvalue weighted by atomic mass is 10.1. The molecule has 82 valence electrons. The van der Waals surface area contributed by atoms with Gasteiger partial charge >= 0.3 is 0 Å². The lowest BCUT2D eigenvalue weighted by molar-refractivity contribution is 0.755. The Morgan fingerprint density at radius 2 is 1.67 bits per heavy atom. The Hall–Kier alpha value is -0.500. The van der Waals surface area contributed by atoms with Crippen molar-refractivity contribution in [2.24, 2.45) is 0 Å². The van der Waals surface area contributed by atoms with Gasteiger partial charge in [-0.25, -0.2) is 0 Å². The molecule has 1 saturated carbocycles. The normalized spacial score (nSPS) is 17.0. The third-order valence-corrected chi connectivity index (χ3v) is 4.41. The molecule has 1 aliphatic carbocycles. The summed E-state index contributed by atoms with van der Waals surface area (Å²) in [7, 11) is 0. The van der Waals surface area contributed by atoms with E-state index in [1.807, 2.05) is 0 Å². The molecule has 0 spiro atoms. The first-order chi connectivity index (χ1) is 7.16. The van der Waals surface area contributed by atoms with Gasteiger partial charge in [0, 0.05) is 16.2 Å². The topological polar surface area (TPSA) is 12.0 Å². The molecule has 1 aromatic carbocycles. The fourth-order valence-electron chi connectivity index (χ4n) is 2.34. The van der Waals surface area contributed by atoms with Gasteiger partial charge in [0.15, 0.2) is 0 Å². The summed E-state index contributed by atoms with van der Waals surface area (Å²) in [4.78, 5) is 0. The van der Waals surface area contributed by atoms with Crippen molar-refractivity contribution in [1.82, 2.24) is 0 Å². The highest BCUT2D eigenvalue weighted by Gasteiger charge is 2.14.